The van der Waals surface area contributed by atoms with Crippen LogP contribution in [0.15, 0.2) is 0 Å². The molecule has 4 heteroatoms. The van der Waals surface area contributed by atoms with Crippen LogP contribution in [-0.4, -0.2) is 46.7 Å². The zero-order valence-corrected chi connectivity index (χ0v) is 4.99. The van der Waals surface area contributed by atoms with E-state index in [1.54, 1.807) is 0 Å². The fourth-order valence-electron chi connectivity index (χ4n) is 0.954. The van der Waals surface area contributed by atoms with Gasteiger partial charge in [-0.05, 0) is 0 Å². The van der Waals surface area contributed by atoms with Gasteiger partial charge >= 0.3 is 0 Å². The van der Waals surface area contributed by atoms with E-state index in [-0.39, 0.29) is 12.6 Å². The fourth-order valence-corrected chi connectivity index (χ4v) is 0.954. The lowest BCUT2D eigenvalue weighted by Gasteiger charge is -2.11. The minimum atomic E-state index is -0.810. The zero-order valence-electron chi connectivity index (χ0n) is 4.99. The van der Waals surface area contributed by atoms with Gasteiger partial charge < -0.3 is 20.6 Å². The van der Waals surface area contributed by atoms with Crippen LogP contribution in [0.4, 0.5) is 0 Å². The zero-order chi connectivity index (χ0) is 6.85. The predicted octanol–water partition coefficient (Wildman–Crippen LogP) is -2.33. The summed E-state index contributed by atoms with van der Waals surface area (Å²) >= 11 is 0. The third-order valence-electron chi connectivity index (χ3n) is 1.59. The van der Waals surface area contributed by atoms with E-state index in [4.69, 9.17) is 15.3 Å². The molecule has 0 aliphatic carbocycles. The smallest absolute Gasteiger partial charge is 0.0986 e. The van der Waals surface area contributed by atoms with Gasteiger partial charge in [0.2, 0.25) is 0 Å². The first-order valence-corrected chi connectivity index (χ1v) is 2.96. The van der Waals surface area contributed by atoms with Gasteiger partial charge in [-0.2, -0.15) is 0 Å². The predicted molar refractivity (Wildman–Crippen MR) is 30.9 cm³/mol. The molecule has 1 heterocycles. The van der Waals surface area contributed by atoms with Crippen molar-refractivity contribution in [2.24, 2.45) is 0 Å². The van der Waals surface area contributed by atoms with Crippen LogP contribution in [0.25, 0.3) is 0 Å². The van der Waals surface area contributed by atoms with E-state index < -0.39 is 12.2 Å². The first kappa shape index (κ1) is 6.95. The van der Waals surface area contributed by atoms with Crippen molar-refractivity contribution in [2.75, 3.05) is 13.2 Å². The van der Waals surface area contributed by atoms with Crippen molar-refractivity contribution in [1.29, 1.82) is 0 Å². The Labute approximate surface area is 53.1 Å². The van der Waals surface area contributed by atoms with Crippen LogP contribution in [0, 0.1) is 0 Å². The molecule has 0 amide bonds. The summed E-state index contributed by atoms with van der Waals surface area (Å²) in [6, 6.07) is -0.347. The maximum absolute atomic E-state index is 8.98. The second kappa shape index (κ2) is 2.62. The molecule has 1 aliphatic heterocycles. The Morgan fingerprint density at radius 1 is 1.44 bits per heavy atom. The highest BCUT2D eigenvalue weighted by molar-refractivity contribution is 4.89. The third-order valence-corrected chi connectivity index (χ3v) is 1.59. The lowest BCUT2D eigenvalue weighted by molar-refractivity contribution is 0.0295. The number of aliphatic hydroxyl groups excluding tert-OH is 3. The quantitative estimate of drug-likeness (QED) is 0.324. The molecular formula is C5H11NO3. The Balaban J connectivity index is 2.41. The number of hydrogen-bond donors (Lipinski definition) is 4. The fraction of sp³-hybridized carbons (Fsp3) is 1.00. The van der Waals surface area contributed by atoms with Crippen molar-refractivity contribution in [3.8, 4) is 0 Å². The van der Waals surface area contributed by atoms with E-state index >= 15 is 0 Å². The molecule has 54 valence electrons. The molecule has 2 unspecified atom stereocenters. The van der Waals surface area contributed by atoms with E-state index in [9.17, 15) is 0 Å². The maximum Gasteiger partial charge on any atom is 0.0986 e. The topological polar surface area (TPSA) is 72.7 Å². The standard InChI is InChI=1S/C5H11NO3/c7-2-3-5(9)4(8)1-6-3/h3-9H,1-2H2/t3?,4-,5?/m1/s1. The molecule has 9 heavy (non-hydrogen) atoms. The highest BCUT2D eigenvalue weighted by Gasteiger charge is 2.31. The third kappa shape index (κ3) is 1.21. The molecule has 1 rings (SSSR count). The van der Waals surface area contributed by atoms with Gasteiger partial charge in [-0.1, -0.05) is 0 Å². The Kier molecular flexibility index (Phi) is 2.02. The summed E-state index contributed by atoms with van der Waals surface area (Å²) in [5.41, 5.74) is 0. The average molecular weight is 133 g/mol. The van der Waals surface area contributed by atoms with Crippen molar-refractivity contribution in [3.05, 3.63) is 0 Å². The summed E-state index contributed by atoms with van der Waals surface area (Å²) in [6.07, 6.45) is -1.53. The summed E-state index contributed by atoms with van der Waals surface area (Å²) in [5, 5.41) is 29.1. The summed E-state index contributed by atoms with van der Waals surface area (Å²) in [4.78, 5) is 0. The van der Waals surface area contributed by atoms with Crippen LogP contribution in [0.2, 0.25) is 0 Å². The first-order valence-electron chi connectivity index (χ1n) is 2.96. The molecular weight excluding hydrogens is 122 g/mol. The molecule has 0 radical (unpaired) electrons. The molecule has 1 saturated heterocycles. The number of aliphatic hydroxyl groups is 3. The van der Waals surface area contributed by atoms with Crippen molar-refractivity contribution in [1.82, 2.24) is 5.32 Å². The van der Waals surface area contributed by atoms with Crippen LogP contribution in [-0.2, 0) is 0 Å². The average Bonchev–Trinajstić information content (AvgIpc) is 2.15. The molecule has 0 aromatic heterocycles. The van der Waals surface area contributed by atoms with Crippen LogP contribution in [0.1, 0.15) is 0 Å². The van der Waals surface area contributed by atoms with E-state index in [1.165, 1.54) is 0 Å². The molecule has 0 bridgehead atoms. The molecule has 4 nitrogen and oxygen atoms in total. The molecule has 1 fully saturated rings. The lowest BCUT2D eigenvalue weighted by atomic mass is 10.1. The van der Waals surface area contributed by atoms with Gasteiger partial charge in [0, 0.05) is 6.54 Å². The molecule has 3 atom stereocenters. The van der Waals surface area contributed by atoms with Crippen LogP contribution < -0.4 is 5.32 Å². The van der Waals surface area contributed by atoms with Gasteiger partial charge in [-0.25, -0.2) is 0 Å². The van der Waals surface area contributed by atoms with Crippen LogP contribution in [0.5, 0.6) is 0 Å². The van der Waals surface area contributed by atoms with Crippen molar-refractivity contribution < 1.29 is 15.3 Å². The SMILES string of the molecule is OCC1NC[C@@H](O)C1O. The molecule has 0 saturated carbocycles. The summed E-state index contributed by atoms with van der Waals surface area (Å²) in [5.74, 6) is 0. The highest BCUT2D eigenvalue weighted by Crippen LogP contribution is 2.05. The van der Waals surface area contributed by atoms with E-state index in [0.717, 1.165) is 0 Å². The Bertz CT molecular complexity index is 98.2. The minimum Gasteiger partial charge on any atom is -0.395 e. The highest BCUT2D eigenvalue weighted by atomic mass is 16.3. The number of hydrogen-bond acceptors (Lipinski definition) is 4. The molecule has 1 aliphatic rings. The lowest BCUT2D eigenvalue weighted by Crippen LogP contribution is -2.35. The normalized spacial score (nSPS) is 43.7. The Morgan fingerprint density at radius 3 is 2.33 bits per heavy atom. The van der Waals surface area contributed by atoms with Gasteiger partial charge in [0.1, 0.15) is 0 Å². The van der Waals surface area contributed by atoms with Crippen LogP contribution >= 0.6 is 0 Å². The second-order valence-electron chi connectivity index (χ2n) is 2.26. The van der Waals surface area contributed by atoms with Gasteiger partial charge in [-0.15, -0.1) is 0 Å². The summed E-state index contributed by atoms with van der Waals surface area (Å²) in [6.45, 7) is 0.241. The van der Waals surface area contributed by atoms with E-state index in [2.05, 4.69) is 5.32 Å². The first-order chi connectivity index (χ1) is 4.25. The Hall–Kier alpha value is -0.160. The monoisotopic (exact) mass is 133 g/mol. The van der Waals surface area contributed by atoms with Crippen LogP contribution in [0.3, 0.4) is 0 Å². The minimum absolute atomic E-state index is 0.127. The maximum atomic E-state index is 8.98. The van der Waals surface area contributed by atoms with Gasteiger partial charge in [0.15, 0.2) is 0 Å². The largest absolute Gasteiger partial charge is 0.395 e. The molecule has 0 aromatic carbocycles. The molecule has 0 spiro atoms. The Morgan fingerprint density at radius 2 is 2.11 bits per heavy atom. The van der Waals surface area contributed by atoms with Gasteiger partial charge in [0.25, 0.3) is 0 Å². The second-order valence-corrected chi connectivity index (χ2v) is 2.26. The summed E-state index contributed by atoms with van der Waals surface area (Å²) < 4.78 is 0. The number of nitrogens with one attached hydrogen (secondary N) is 1. The molecule has 0 aromatic rings. The van der Waals surface area contributed by atoms with Gasteiger partial charge in [0.05, 0.1) is 24.9 Å². The number of rotatable bonds is 1. The van der Waals surface area contributed by atoms with Crippen molar-refractivity contribution in [2.45, 2.75) is 18.2 Å². The summed E-state index contributed by atoms with van der Waals surface area (Å²) in [7, 11) is 0. The number of β-amino-alcohol motifs (C(OH)–C–C–N with tert-alkyl or cyclic N) is 1. The van der Waals surface area contributed by atoms with E-state index in [1.807, 2.05) is 0 Å². The van der Waals surface area contributed by atoms with Crippen molar-refractivity contribution in [3.63, 3.8) is 0 Å². The van der Waals surface area contributed by atoms with E-state index in [0.29, 0.717) is 6.54 Å². The van der Waals surface area contributed by atoms with Crippen molar-refractivity contribution >= 4 is 0 Å². The van der Waals surface area contributed by atoms with Gasteiger partial charge in [-0.3, -0.25) is 0 Å². The molecule has 4 N–H and O–H groups in total.